The molecule has 1 aliphatic rings. The molecule has 5 heteroatoms. The van der Waals surface area contributed by atoms with Gasteiger partial charge < -0.3 is 10.6 Å². The first kappa shape index (κ1) is 11.8. The Labute approximate surface area is 111 Å². The van der Waals surface area contributed by atoms with Crippen LogP contribution in [-0.2, 0) is 13.5 Å². The Bertz CT molecular complexity index is 647. The molecule has 5 nitrogen and oxygen atoms in total. The minimum absolute atomic E-state index is 0.0805. The normalized spacial score (nSPS) is 17.6. The summed E-state index contributed by atoms with van der Waals surface area (Å²) in [6.07, 6.45) is 2.41. The largest absolute Gasteiger partial charge is 0.383 e. The summed E-state index contributed by atoms with van der Waals surface area (Å²) in [4.78, 5) is 14.5. The smallest absolute Gasteiger partial charge is 0.263 e. The number of nitrogen functional groups attached to an aromatic ring is 1. The molecule has 2 heterocycles. The molecular formula is C14H16N4O. The van der Waals surface area contributed by atoms with E-state index in [4.69, 9.17) is 5.73 Å². The van der Waals surface area contributed by atoms with Gasteiger partial charge in [-0.3, -0.25) is 9.48 Å². The van der Waals surface area contributed by atoms with Crippen molar-refractivity contribution in [3.63, 3.8) is 0 Å². The van der Waals surface area contributed by atoms with Gasteiger partial charge in [0.25, 0.3) is 5.91 Å². The highest BCUT2D eigenvalue weighted by Gasteiger charge is 2.32. The maximum atomic E-state index is 12.6. The molecular weight excluding hydrogens is 240 g/mol. The lowest BCUT2D eigenvalue weighted by molar-refractivity contribution is 0.0982. The standard InChI is InChI=1S/C14H16N4O/c1-9-7-10-5-3-4-6-12(10)18(9)14(19)11-8-16-17(2)13(11)15/h3-6,8-9H,7,15H2,1-2H3. The highest BCUT2D eigenvalue weighted by atomic mass is 16.2. The minimum Gasteiger partial charge on any atom is -0.383 e. The molecule has 2 N–H and O–H groups in total. The van der Waals surface area contributed by atoms with Gasteiger partial charge in [0.1, 0.15) is 11.4 Å². The fourth-order valence-corrected chi connectivity index (χ4v) is 2.62. The van der Waals surface area contributed by atoms with Gasteiger partial charge in [-0.25, -0.2) is 0 Å². The molecule has 0 spiro atoms. The Morgan fingerprint density at radius 1 is 1.42 bits per heavy atom. The van der Waals surface area contributed by atoms with Crippen LogP contribution < -0.4 is 10.6 Å². The van der Waals surface area contributed by atoms with Crippen molar-refractivity contribution >= 4 is 17.4 Å². The van der Waals surface area contributed by atoms with Crippen LogP contribution in [0.1, 0.15) is 22.8 Å². The lowest BCUT2D eigenvalue weighted by Crippen LogP contribution is -2.36. The van der Waals surface area contributed by atoms with Crippen molar-refractivity contribution in [2.24, 2.45) is 7.05 Å². The van der Waals surface area contributed by atoms with E-state index in [-0.39, 0.29) is 11.9 Å². The van der Waals surface area contributed by atoms with Crippen LogP contribution in [0.25, 0.3) is 0 Å². The van der Waals surface area contributed by atoms with Crippen LogP contribution in [-0.4, -0.2) is 21.7 Å². The summed E-state index contributed by atoms with van der Waals surface area (Å²) in [6.45, 7) is 2.05. The molecule has 0 saturated carbocycles. The van der Waals surface area contributed by atoms with Gasteiger partial charge in [0.05, 0.1) is 6.20 Å². The molecule has 3 rings (SSSR count). The average Bonchev–Trinajstić information content (AvgIpc) is 2.89. The third-order valence-corrected chi connectivity index (χ3v) is 3.64. The number of nitrogens with zero attached hydrogens (tertiary/aromatic N) is 3. The number of amides is 1. The summed E-state index contributed by atoms with van der Waals surface area (Å²) in [5.74, 6) is 0.324. The summed E-state index contributed by atoms with van der Waals surface area (Å²) in [6, 6.07) is 8.13. The molecule has 0 bridgehead atoms. The van der Waals surface area contributed by atoms with Crippen molar-refractivity contribution in [1.29, 1.82) is 0 Å². The van der Waals surface area contributed by atoms with Crippen molar-refractivity contribution in [3.8, 4) is 0 Å². The van der Waals surface area contributed by atoms with E-state index >= 15 is 0 Å². The van der Waals surface area contributed by atoms with E-state index < -0.39 is 0 Å². The van der Waals surface area contributed by atoms with E-state index in [0.29, 0.717) is 11.4 Å². The quantitative estimate of drug-likeness (QED) is 0.842. The lowest BCUT2D eigenvalue weighted by Gasteiger charge is -2.22. The van der Waals surface area contributed by atoms with E-state index in [0.717, 1.165) is 12.1 Å². The zero-order valence-corrected chi connectivity index (χ0v) is 11.0. The number of nitrogens with two attached hydrogens (primary N) is 1. The number of hydrogen-bond donors (Lipinski definition) is 1. The number of carbonyl (C=O) groups is 1. The van der Waals surface area contributed by atoms with Gasteiger partial charge in [0.2, 0.25) is 0 Å². The number of benzene rings is 1. The Hall–Kier alpha value is -2.30. The second-order valence-corrected chi connectivity index (χ2v) is 4.92. The zero-order chi connectivity index (χ0) is 13.6. The summed E-state index contributed by atoms with van der Waals surface area (Å²) in [5, 5.41) is 4.03. The first-order valence-electron chi connectivity index (χ1n) is 6.28. The number of anilines is 2. The molecule has 1 aromatic carbocycles. The lowest BCUT2D eigenvalue weighted by atomic mass is 10.1. The SMILES string of the molecule is CC1Cc2ccccc2N1C(=O)c1cnn(C)c1N. The number of hydrogen-bond acceptors (Lipinski definition) is 3. The number of para-hydroxylation sites is 1. The molecule has 1 aliphatic heterocycles. The first-order chi connectivity index (χ1) is 9.09. The zero-order valence-electron chi connectivity index (χ0n) is 11.0. The van der Waals surface area contributed by atoms with Crippen LogP contribution >= 0.6 is 0 Å². The van der Waals surface area contributed by atoms with Gasteiger partial charge >= 0.3 is 0 Å². The number of fused-ring (bicyclic) bond motifs is 1. The molecule has 1 amide bonds. The Morgan fingerprint density at radius 2 is 2.16 bits per heavy atom. The molecule has 1 unspecified atom stereocenters. The van der Waals surface area contributed by atoms with Gasteiger partial charge in [-0.2, -0.15) is 5.10 Å². The van der Waals surface area contributed by atoms with Crippen LogP contribution in [0.3, 0.4) is 0 Å². The molecule has 19 heavy (non-hydrogen) atoms. The van der Waals surface area contributed by atoms with E-state index in [2.05, 4.69) is 11.2 Å². The molecule has 2 aromatic rings. The second-order valence-electron chi connectivity index (χ2n) is 4.92. The number of carbonyl (C=O) groups excluding carboxylic acids is 1. The summed E-state index contributed by atoms with van der Waals surface area (Å²) in [7, 11) is 1.73. The fraction of sp³-hybridized carbons (Fsp3) is 0.286. The fourth-order valence-electron chi connectivity index (χ4n) is 2.62. The van der Waals surface area contributed by atoms with Crippen LogP contribution in [0.15, 0.2) is 30.5 Å². The maximum Gasteiger partial charge on any atom is 0.263 e. The topological polar surface area (TPSA) is 64.2 Å². The third-order valence-electron chi connectivity index (χ3n) is 3.64. The highest BCUT2D eigenvalue weighted by molar-refractivity contribution is 6.10. The van der Waals surface area contributed by atoms with Gasteiger partial charge in [0.15, 0.2) is 0 Å². The van der Waals surface area contributed by atoms with Crippen LogP contribution in [0.2, 0.25) is 0 Å². The predicted octanol–water partition coefficient (Wildman–Crippen LogP) is 1.59. The number of aromatic nitrogens is 2. The summed E-state index contributed by atoms with van der Waals surface area (Å²) >= 11 is 0. The number of rotatable bonds is 1. The molecule has 0 radical (unpaired) electrons. The van der Waals surface area contributed by atoms with Gasteiger partial charge in [0, 0.05) is 18.8 Å². The van der Waals surface area contributed by atoms with Crippen LogP contribution in [0, 0.1) is 0 Å². The average molecular weight is 256 g/mol. The molecule has 0 aliphatic carbocycles. The molecule has 98 valence electrons. The van der Waals surface area contributed by atoms with Crippen LogP contribution in [0.4, 0.5) is 11.5 Å². The van der Waals surface area contributed by atoms with Gasteiger partial charge in [-0.1, -0.05) is 18.2 Å². The van der Waals surface area contributed by atoms with Crippen molar-refractivity contribution < 1.29 is 4.79 Å². The summed E-state index contributed by atoms with van der Waals surface area (Å²) < 4.78 is 1.51. The Balaban J connectivity index is 2.03. The molecule has 0 saturated heterocycles. The summed E-state index contributed by atoms with van der Waals surface area (Å²) in [5.41, 5.74) is 8.53. The monoisotopic (exact) mass is 256 g/mol. The van der Waals surface area contributed by atoms with E-state index in [9.17, 15) is 4.79 Å². The van der Waals surface area contributed by atoms with Crippen molar-refractivity contribution in [1.82, 2.24) is 9.78 Å². The van der Waals surface area contributed by atoms with Crippen molar-refractivity contribution in [3.05, 3.63) is 41.6 Å². The molecule has 1 atom stereocenters. The first-order valence-corrected chi connectivity index (χ1v) is 6.28. The van der Waals surface area contributed by atoms with E-state index in [1.807, 2.05) is 30.0 Å². The van der Waals surface area contributed by atoms with Gasteiger partial charge in [-0.05, 0) is 25.0 Å². The maximum absolute atomic E-state index is 12.6. The van der Waals surface area contributed by atoms with E-state index in [1.54, 1.807) is 7.05 Å². The Morgan fingerprint density at radius 3 is 2.84 bits per heavy atom. The third kappa shape index (κ3) is 1.69. The van der Waals surface area contributed by atoms with Crippen LogP contribution in [0.5, 0.6) is 0 Å². The van der Waals surface area contributed by atoms with Crippen molar-refractivity contribution in [2.45, 2.75) is 19.4 Å². The second kappa shape index (κ2) is 4.12. The molecule has 0 fully saturated rings. The van der Waals surface area contributed by atoms with Gasteiger partial charge in [-0.15, -0.1) is 0 Å². The van der Waals surface area contributed by atoms with Crippen molar-refractivity contribution in [2.75, 3.05) is 10.6 Å². The highest BCUT2D eigenvalue weighted by Crippen LogP contribution is 2.33. The molecule has 1 aromatic heterocycles. The predicted molar refractivity (Wildman–Crippen MR) is 74.0 cm³/mol. The minimum atomic E-state index is -0.0805. The number of aryl methyl sites for hydroxylation is 1. The van der Waals surface area contributed by atoms with E-state index in [1.165, 1.54) is 16.4 Å². The Kier molecular flexibility index (Phi) is 2.55.